The Labute approximate surface area is 119 Å². The smallest absolute Gasteiger partial charge is 0.340 e. The van der Waals surface area contributed by atoms with E-state index in [1.807, 2.05) is 18.2 Å². The summed E-state index contributed by atoms with van der Waals surface area (Å²) in [6.07, 6.45) is 3.46. The van der Waals surface area contributed by atoms with Gasteiger partial charge in [-0.1, -0.05) is 17.7 Å². The van der Waals surface area contributed by atoms with Crippen LogP contribution in [-0.4, -0.2) is 27.4 Å². The van der Waals surface area contributed by atoms with E-state index in [4.69, 9.17) is 16.3 Å². The van der Waals surface area contributed by atoms with Crippen LogP contribution in [-0.2, 0) is 4.74 Å². The summed E-state index contributed by atoms with van der Waals surface area (Å²) < 4.78 is 6.49. The highest BCUT2D eigenvalue weighted by molar-refractivity contribution is 6.33. The molecule has 0 aromatic carbocycles. The number of hydrogen-bond donors (Lipinski definition) is 0. The van der Waals surface area contributed by atoms with Crippen molar-refractivity contribution in [3.05, 3.63) is 53.4 Å². The highest BCUT2D eigenvalue weighted by atomic mass is 35.5. The molecule has 3 heterocycles. The zero-order chi connectivity index (χ0) is 14.1. The molecule has 0 radical (unpaired) electrons. The fourth-order valence-electron chi connectivity index (χ4n) is 2.05. The number of fused-ring (bicyclic) bond motifs is 1. The first-order valence-corrected chi connectivity index (χ1v) is 6.26. The molecule has 0 bridgehead atoms. The fourth-order valence-corrected chi connectivity index (χ4v) is 2.32. The van der Waals surface area contributed by atoms with Gasteiger partial charge in [-0.15, -0.1) is 0 Å². The van der Waals surface area contributed by atoms with E-state index in [0.29, 0.717) is 22.6 Å². The van der Waals surface area contributed by atoms with Crippen LogP contribution in [0.1, 0.15) is 10.4 Å². The Morgan fingerprint density at radius 2 is 2.15 bits per heavy atom. The van der Waals surface area contributed by atoms with E-state index < -0.39 is 5.97 Å². The Balaban J connectivity index is 2.31. The molecule has 0 N–H and O–H groups in total. The van der Waals surface area contributed by atoms with Gasteiger partial charge in [-0.05, 0) is 24.3 Å². The summed E-state index contributed by atoms with van der Waals surface area (Å²) in [5, 5.41) is 0.242. The summed E-state index contributed by atoms with van der Waals surface area (Å²) in [7, 11) is 1.33. The summed E-state index contributed by atoms with van der Waals surface area (Å²) in [5.41, 5.74) is 1.56. The first kappa shape index (κ1) is 12.6. The lowest BCUT2D eigenvalue weighted by molar-refractivity contribution is 0.0602. The Bertz CT molecular complexity index is 784. The second-order valence-corrected chi connectivity index (χ2v) is 4.43. The fraction of sp³-hybridized carbons (Fsp3) is 0.0714. The molecule has 3 aromatic rings. The maximum Gasteiger partial charge on any atom is 0.340 e. The number of ether oxygens (including phenoxy) is 1. The Morgan fingerprint density at radius 1 is 1.30 bits per heavy atom. The molecule has 0 atom stereocenters. The van der Waals surface area contributed by atoms with Crippen LogP contribution in [0.5, 0.6) is 0 Å². The lowest BCUT2D eigenvalue weighted by Crippen LogP contribution is -2.04. The molecule has 0 fully saturated rings. The minimum absolute atomic E-state index is 0.242. The number of carbonyl (C=O) groups is 1. The average molecular weight is 288 g/mol. The maximum atomic E-state index is 11.8. The number of rotatable bonds is 2. The van der Waals surface area contributed by atoms with E-state index in [2.05, 4.69) is 9.97 Å². The number of hydrogen-bond acceptors (Lipinski definition) is 4. The number of methoxy groups -OCH3 is 1. The Morgan fingerprint density at radius 3 is 2.85 bits per heavy atom. The molecular formula is C14H10ClN3O2. The summed E-state index contributed by atoms with van der Waals surface area (Å²) in [4.78, 5) is 20.3. The van der Waals surface area contributed by atoms with Crippen LogP contribution in [0.15, 0.2) is 42.7 Å². The monoisotopic (exact) mass is 287 g/mol. The van der Waals surface area contributed by atoms with Gasteiger partial charge in [0.15, 0.2) is 11.0 Å². The van der Waals surface area contributed by atoms with Gasteiger partial charge in [0.25, 0.3) is 0 Å². The van der Waals surface area contributed by atoms with E-state index >= 15 is 0 Å². The summed E-state index contributed by atoms with van der Waals surface area (Å²) in [6.45, 7) is 0. The second-order valence-electron chi connectivity index (χ2n) is 4.07. The summed E-state index contributed by atoms with van der Waals surface area (Å²) in [5.74, 6) is 0.126. The zero-order valence-electron chi connectivity index (χ0n) is 10.6. The van der Waals surface area contributed by atoms with Crippen molar-refractivity contribution in [2.45, 2.75) is 0 Å². The number of esters is 1. The van der Waals surface area contributed by atoms with Gasteiger partial charge < -0.3 is 4.74 Å². The number of halogens is 1. The lowest BCUT2D eigenvalue weighted by atomic mass is 10.2. The van der Waals surface area contributed by atoms with Crippen molar-refractivity contribution in [1.29, 1.82) is 0 Å². The Kier molecular flexibility index (Phi) is 3.12. The van der Waals surface area contributed by atoms with Crippen LogP contribution in [0, 0.1) is 0 Å². The topological polar surface area (TPSA) is 56.5 Å². The first-order chi connectivity index (χ1) is 9.72. The van der Waals surface area contributed by atoms with Crippen molar-refractivity contribution in [3.63, 3.8) is 0 Å². The lowest BCUT2D eigenvalue weighted by Gasteiger charge is -2.04. The van der Waals surface area contributed by atoms with Gasteiger partial charge in [0.2, 0.25) is 0 Å². The maximum absolute atomic E-state index is 11.8. The van der Waals surface area contributed by atoms with E-state index in [0.717, 1.165) is 0 Å². The van der Waals surface area contributed by atoms with Crippen LogP contribution in [0.3, 0.4) is 0 Å². The van der Waals surface area contributed by atoms with Crippen LogP contribution >= 0.6 is 11.6 Å². The van der Waals surface area contributed by atoms with Gasteiger partial charge in [0.1, 0.15) is 5.69 Å². The third kappa shape index (κ3) is 1.92. The molecule has 3 rings (SSSR count). The van der Waals surface area contributed by atoms with E-state index in [9.17, 15) is 4.79 Å². The van der Waals surface area contributed by atoms with Gasteiger partial charge >= 0.3 is 5.97 Å². The summed E-state index contributed by atoms with van der Waals surface area (Å²) >= 11 is 6.17. The second kappa shape index (κ2) is 4.94. The van der Waals surface area contributed by atoms with Crippen LogP contribution in [0.2, 0.25) is 5.15 Å². The van der Waals surface area contributed by atoms with Gasteiger partial charge in [0.05, 0.1) is 18.2 Å². The molecule has 0 unspecified atom stereocenters. The van der Waals surface area contributed by atoms with E-state index in [1.54, 1.807) is 28.9 Å². The predicted molar refractivity (Wildman–Crippen MR) is 74.8 cm³/mol. The largest absolute Gasteiger partial charge is 0.465 e. The molecule has 3 aromatic heterocycles. The Hall–Kier alpha value is -2.40. The van der Waals surface area contributed by atoms with Crippen LogP contribution in [0.25, 0.3) is 17.0 Å². The quantitative estimate of drug-likeness (QED) is 0.680. The molecule has 0 aliphatic heterocycles. The van der Waals surface area contributed by atoms with Crippen molar-refractivity contribution in [3.8, 4) is 11.5 Å². The third-order valence-electron chi connectivity index (χ3n) is 2.92. The highest BCUT2D eigenvalue weighted by Gasteiger charge is 2.18. The van der Waals surface area contributed by atoms with Crippen LogP contribution < -0.4 is 0 Å². The molecule has 0 spiro atoms. The van der Waals surface area contributed by atoms with Crippen molar-refractivity contribution >= 4 is 23.1 Å². The molecular weight excluding hydrogens is 278 g/mol. The molecule has 0 saturated heterocycles. The van der Waals surface area contributed by atoms with Crippen molar-refractivity contribution < 1.29 is 9.53 Å². The first-order valence-electron chi connectivity index (χ1n) is 5.88. The normalized spacial score (nSPS) is 10.7. The third-order valence-corrected chi connectivity index (χ3v) is 3.18. The van der Waals surface area contributed by atoms with Crippen LogP contribution in [0.4, 0.5) is 0 Å². The van der Waals surface area contributed by atoms with Crippen molar-refractivity contribution in [1.82, 2.24) is 14.4 Å². The number of aromatic nitrogens is 3. The van der Waals surface area contributed by atoms with Gasteiger partial charge in [-0.3, -0.25) is 9.38 Å². The van der Waals surface area contributed by atoms with Crippen molar-refractivity contribution in [2.24, 2.45) is 0 Å². The number of imidazole rings is 1. The number of pyridine rings is 2. The molecule has 5 nitrogen and oxygen atoms in total. The average Bonchev–Trinajstić information content (AvgIpc) is 2.85. The summed E-state index contributed by atoms with van der Waals surface area (Å²) in [6, 6.07) is 8.90. The number of carbonyl (C=O) groups excluding carboxylic acids is 1. The van der Waals surface area contributed by atoms with Gasteiger partial charge in [0, 0.05) is 12.4 Å². The number of nitrogens with zero attached hydrogens (tertiary/aromatic N) is 3. The molecule has 0 amide bonds. The molecule has 20 heavy (non-hydrogen) atoms. The molecule has 0 aliphatic carbocycles. The highest BCUT2D eigenvalue weighted by Crippen LogP contribution is 2.27. The van der Waals surface area contributed by atoms with E-state index in [1.165, 1.54) is 7.11 Å². The van der Waals surface area contributed by atoms with Gasteiger partial charge in [-0.2, -0.15) is 0 Å². The minimum Gasteiger partial charge on any atom is -0.465 e. The predicted octanol–water partition coefficient (Wildman–Crippen LogP) is 2.84. The minimum atomic E-state index is -0.454. The van der Waals surface area contributed by atoms with Crippen molar-refractivity contribution in [2.75, 3.05) is 7.11 Å². The zero-order valence-corrected chi connectivity index (χ0v) is 11.3. The van der Waals surface area contributed by atoms with E-state index in [-0.39, 0.29) is 5.15 Å². The SMILES string of the molecule is COC(=O)c1cccn2c(-c3ccccn3)nc(Cl)c12. The van der Waals surface area contributed by atoms with Gasteiger partial charge in [-0.25, -0.2) is 9.78 Å². The molecule has 100 valence electrons. The molecule has 6 heteroatoms. The molecule has 0 saturated carbocycles. The standard InChI is InChI=1S/C14H10ClN3O2/c1-20-14(19)9-5-4-8-18-11(9)12(15)17-13(18)10-6-2-3-7-16-10/h2-8H,1H3. The molecule has 0 aliphatic rings.